The van der Waals surface area contributed by atoms with Gasteiger partial charge in [-0.15, -0.1) is 16.8 Å². The molecule has 0 radical (unpaired) electrons. The van der Waals surface area contributed by atoms with Gasteiger partial charge in [-0.3, -0.25) is 9.59 Å². The van der Waals surface area contributed by atoms with Crippen LogP contribution < -0.4 is 10.9 Å². The number of carbonyl (C=O) groups is 1. The van der Waals surface area contributed by atoms with Crippen LogP contribution in [0.2, 0.25) is 10.0 Å². The van der Waals surface area contributed by atoms with Crippen molar-refractivity contribution in [3.63, 3.8) is 0 Å². The Bertz CT molecular complexity index is 1400. The highest BCUT2D eigenvalue weighted by Crippen LogP contribution is 2.29. The van der Waals surface area contributed by atoms with Crippen molar-refractivity contribution >= 4 is 57.5 Å². The summed E-state index contributed by atoms with van der Waals surface area (Å²) in [5.74, 6) is 1.05. The highest BCUT2D eigenvalue weighted by Gasteiger charge is 2.17. The monoisotopic (exact) mass is 500 g/mol. The van der Waals surface area contributed by atoms with E-state index in [1.807, 2.05) is 6.07 Å². The van der Waals surface area contributed by atoms with Gasteiger partial charge in [0.2, 0.25) is 5.91 Å². The normalized spacial score (nSPS) is 11.0. The molecule has 0 atom stereocenters. The quantitative estimate of drug-likeness (QED) is 0.273. The van der Waals surface area contributed by atoms with E-state index in [1.165, 1.54) is 11.8 Å². The first-order valence-corrected chi connectivity index (χ1v) is 11.6. The van der Waals surface area contributed by atoms with Crippen LogP contribution in [0.3, 0.4) is 0 Å². The van der Waals surface area contributed by atoms with Crippen LogP contribution in [0.15, 0.2) is 65.1 Å². The second-order valence-electron chi connectivity index (χ2n) is 6.94. The zero-order valence-electron chi connectivity index (χ0n) is 17.2. The number of anilines is 1. The minimum atomic E-state index is -0.311. The fourth-order valence-corrected chi connectivity index (χ4v) is 4.33. The van der Waals surface area contributed by atoms with Crippen molar-refractivity contribution in [1.82, 2.24) is 24.7 Å². The van der Waals surface area contributed by atoms with Crippen molar-refractivity contribution in [2.75, 3.05) is 5.32 Å². The average molecular weight is 501 g/mol. The van der Waals surface area contributed by atoms with Crippen LogP contribution in [-0.4, -0.2) is 30.6 Å². The number of nitrogens with zero attached hydrogens (tertiary/aromatic N) is 4. The molecule has 1 amide bonds. The highest BCUT2D eigenvalue weighted by molar-refractivity contribution is 7.98. The summed E-state index contributed by atoms with van der Waals surface area (Å²) in [6, 6.07) is 12.2. The maximum absolute atomic E-state index is 12.6. The van der Waals surface area contributed by atoms with Gasteiger partial charge in [0.05, 0.1) is 38.8 Å². The average Bonchev–Trinajstić information content (AvgIpc) is 3.17. The summed E-state index contributed by atoms with van der Waals surface area (Å²) in [6.45, 7) is 4.19. The SMILES string of the molecule is C=CCn1c(CC(=O)Nc2cccc(Cl)c2Cl)nnc1SCc1nc2ccccc2c(=O)[nH]1. The topological polar surface area (TPSA) is 106 Å². The van der Waals surface area contributed by atoms with Gasteiger partial charge in [0.25, 0.3) is 5.56 Å². The lowest BCUT2D eigenvalue weighted by Gasteiger charge is -2.10. The van der Waals surface area contributed by atoms with Gasteiger partial charge in [-0.05, 0) is 24.3 Å². The molecule has 2 N–H and O–H groups in total. The van der Waals surface area contributed by atoms with E-state index < -0.39 is 0 Å². The number of halogens is 2. The van der Waals surface area contributed by atoms with Gasteiger partial charge in [-0.1, -0.05) is 59.2 Å². The summed E-state index contributed by atoms with van der Waals surface area (Å²) in [5.41, 5.74) is 0.854. The molecule has 0 aliphatic carbocycles. The van der Waals surface area contributed by atoms with Gasteiger partial charge in [0.1, 0.15) is 11.6 Å². The summed E-state index contributed by atoms with van der Waals surface area (Å²) < 4.78 is 1.79. The van der Waals surface area contributed by atoms with Crippen LogP contribution in [0.5, 0.6) is 0 Å². The molecule has 0 bridgehead atoms. The van der Waals surface area contributed by atoms with Crippen LogP contribution in [0.4, 0.5) is 5.69 Å². The van der Waals surface area contributed by atoms with E-state index in [9.17, 15) is 9.59 Å². The molecule has 2 heterocycles. The molecular formula is C22H18Cl2N6O2S. The standard InChI is InChI=1S/C22H18Cl2N6O2S/c1-2-10-30-18(11-19(31)26-16-9-5-7-14(23)20(16)24)28-29-22(30)33-12-17-25-15-8-4-3-6-13(15)21(32)27-17/h2-9H,1,10-12H2,(H,26,31)(H,25,27,32). The van der Waals surface area contributed by atoms with Crippen LogP contribution in [0.1, 0.15) is 11.6 Å². The lowest BCUT2D eigenvalue weighted by molar-refractivity contribution is -0.115. The molecule has 11 heteroatoms. The maximum atomic E-state index is 12.6. The molecule has 4 rings (SSSR count). The predicted molar refractivity (Wildman–Crippen MR) is 131 cm³/mol. The Kier molecular flexibility index (Phi) is 7.12. The number of aromatic amines is 1. The van der Waals surface area contributed by atoms with Crippen LogP contribution >= 0.6 is 35.0 Å². The summed E-state index contributed by atoms with van der Waals surface area (Å²) >= 11 is 13.5. The Morgan fingerprint density at radius 1 is 1.18 bits per heavy atom. The molecule has 8 nitrogen and oxygen atoms in total. The number of carbonyl (C=O) groups excluding carboxylic acids is 1. The number of benzene rings is 2. The molecule has 0 spiro atoms. The van der Waals surface area contributed by atoms with Gasteiger partial charge < -0.3 is 14.9 Å². The summed E-state index contributed by atoms with van der Waals surface area (Å²) in [6.07, 6.45) is 1.67. The number of amides is 1. The van der Waals surface area contributed by atoms with Gasteiger partial charge in [-0.25, -0.2) is 4.98 Å². The van der Waals surface area contributed by atoms with Gasteiger partial charge in [-0.2, -0.15) is 0 Å². The molecule has 168 valence electrons. The summed E-state index contributed by atoms with van der Waals surface area (Å²) in [5, 5.41) is 12.9. The minimum Gasteiger partial charge on any atom is -0.324 e. The molecule has 0 fully saturated rings. The van der Waals surface area contributed by atoms with E-state index in [4.69, 9.17) is 23.2 Å². The number of para-hydroxylation sites is 1. The molecule has 2 aromatic carbocycles. The largest absolute Gasteiger partial charge is 0.324 e. The van der Waals surface area contributed by atoms with Crippen molar-refractivity contribution in [3.8, 4) is 0 Å². The molecule has 0 aliphatic heterocycles. The second kappa shape index (κ2) is 10.2. The van der Waals surface area contributed by atoms with Crippen LogP contribution in [0, 0.1) is 0 Å². The first-order valence-electron chi connectivity index (χ1n) is 9.84. The summed E-state index contributed by atoms with van der Waals surface area (Å²) in [4.78, 5) is 32.2. The van der Waals surface area contributed by atoms with Crippen molar-refractivity contribution in [2.45, 2.75) is 23.9 Å². The minimum absolute atomic E-state index is 0.0186. The number of rotatable bonds is 8. The van der Waals surface area contributed by atoms with E-state index in [1.54, 1.807) is 47.0 Å². The van der Waals surface area contributed by atoms with Crippen molar-refractivity contribution in [2.24, 2.45) is 0 Å². The van der Waals surface area contributed by atoms with Crippen LogP contribution in [-0.2, 0) is 23.5 Å². The highest BCUT2D eigenvalue weighted by atomic mass is 35.5. The number of aromatic nitrogens is 5. The van der Waals surface area contributed by atoms with E-state index in [-0.39, 0.29) is 22.9 Å². The third-order valence-electron chi connectivity index (χ3n) is 4.65. The first-order chi connectivity index (χ1) is 16.0. The zero-order valence-corrected chi connectivity index (χ0v) is 19.5. The predicted octanol–water partition coefficient (Wildman–Crippen LogP) is 4.48. The van der Waals surface area contributed by atoms with E-state index in [0.29, 0.717) is 50.7 Å². The fraction of sp³-hybridized carbons (Fsp3) is 0.136. The molecule has 0 saturated carbocycles. The number of H-pyrrole nitrogens is 1. The Balaban J connectivity index is 1.49. The maximum Gasteiger partial charge on any atom is 0.258 e. The van der Waals surface area contributed by atoms with Crippen molar-refractivity contribution < 1.29 is 4.79 Å². The second-order valence-corrected chi connectivity index (χ2v) is 8.67. The Hall–Kier alpha value is -3.14. The Morgan fingerprint density at radius 3 is 2.82 bits per heavy atom. The number of fused-ring (bicyclic) bond motifs is 1. The van der Waals surface area contributed by atoms with E-state index in [0.717, 1.165) is 0 Å². The third-order valence-corrected chi connectivity index (χ3v) is 6.45. The lowest BCUT2D eigenvalue weighted by atomic mass is 10.2. The zero-order chi connectivity index (χ0) is 23.4. The lowest BCUT2D eigenvalue weighted by Crippen LogP contribution is -2.18. The molecule has 2 aromatic heterocycles. The number of nitrogens with one attached hydrogen (secondary N) is 2. The van der Waals surface area contributed by atoms with Gasteiger partial charge in [0, 0.05) is 6.54 Å². The fourth-order valence-electron chi connectivity index (χ4n) is 3.14. The van der Waals surface area contributed by atoms with Crippen molar-refractivity contribution in [3.05, 3.63) is 87.2 Å². The molecular weight excluding hydrogens is 483 g/mol. The van der Waals surface area contributed by atoms with Crippen LogP contribution in [0.25, 0.3) is 10.9 Å². The number of hydrogen-bond donors (Lipinski definition) is 2. The number of allylic oxidation sites excluding steroid dienone is 1. The van der Waals surface area contributed by atoms with Gasteiger partial charge >= 0.3 is 0 Å². The first kappa shape index (κ1) is 23.0. The van der Waals surface area contributed by atoms with E-state index >= 15 is 0 Å². The Labute approximate surface area is 203 Å². The number of thioether (sulfide) groups is 1. The molecule has 0 unspecified atom stereocenters. The molecule has 0 saturated heterocycles. The molecule has 33 heavy (non-hydrogen) atoms. The summed E-state index contributed by atoms with van der Waals surface area (Å²) in [7, 11) is 0. The number of hydrogen-bond acceptors (Lipinski definition) is 6. The molecule has 0 aliphatic rings. The smallest absolute Gasteiger partial charge is 0.258 e. The van der Waals surface area contributed by atoms with Crippen molar-refractivity contribution in [1.29, 1.82) is 0 Å². The molecule has 4 aromatic rings. The third kappa shape index (κ3) is 5.27. The van der Waals surface area contributed by atoms with Gasteiger partial charge in [0.15, 0.2) is 5.16 Å². The van der Waals surface area contributed by atoms with E-state index in [2.05, 4.69) is 32.1 Å². The Morgan fingerprint density at radius 2 is 2.00 bits per heavy atom.